The molecule has 1 atom stereocenters. The molecule has 0 spiro atoms. The number of carbonyl (C=O) groups is 1. The fourth-order valence-corrected chi connectivity index (χ4v) is 3.68. The Morgan fingerprint density at radius 3 is 3.07 bits per heavy atom. The molecule has 5 rings (SSSR count). The van der Waals surface area contributed by atoms with E-state index in [0.717, 1.165) is 30.4 Å². The van der Waals surface area contributed by atoms with Crippen LogP contribution in [-0.4, -0.2) is 30.4 Å². The number of amides is 1. The third-order valence-electron chi connectivity index (χ3n) is 5.02. The highest BCUT2D eigenvalue weighted by Gasteiger charge is 2.24. The van der Waals surface area contributed by atoms with E-state index in [1.54, 1.807) is 22.7 Å². The van der Waals surface area contributed by atoms with Gasteiger partial charge in [-0.15, -0.1) is 0 Å². The largest absolute Gasteiger partial charge is 0.439 e. The lowest BCUT2D eigenvalue weighted by molar-refractivity contribution is 0.0926. The molecule has 3 heterocycles. The fraction of sp³-hybridized carbons (Fsp3) is 0.211. The second-order valence-electron chi connectivity index (χ2n) is 6.83. The first-order valence-corrected chi connectivity index (χ1v) is 9.08. The zero-order valence-electron chi connectivity index (χ0n) is 15.1. The number of nitrogens with one attached hydrogen (secondary N) is 2. The summed E-state index contributed by atoms with van der Waals surface area (Å²) in [5, 5.41) is 6.60. The number of halogens is 1. The first-order valence-electron chi connectivity index (χ1n) is 9.08. The number of benzene rings is 1. The van der Waals surface area contributed by atoms with Crippen LogP contribution in [0.4, 0.5) is 4.39 Å². The maximum Gasteiger partial charge on any atom is 0.439 e. The van der Waals surface area contributed by atoms with E-state index in [0.29, 0.717) is 11.4 Å². The number of aryl methyl sites for hydroxylation is 1. The van der Waals surface area contributed by atoms with Crippen molar-refractivity contribution < 1.29 is 13.7 Å². The predicted molar refractivity (Wildman–Crippen MR) is 98.6 cm³/mol. The zero-order chi connectivity index (χ0) is 20.0. The van der Waals surface area contributed by atoms with Crippen LogP contribution < -0.4 is 11.1 Å². The van der Waals surface area contributed by atoms with E-state index in [2.05, 4.69) is 29.9 Å². The number of hydrogen-bond donors (Lipinski definition) is 2. The Hall–Kier alpha value is -3.82. The number of aromatic nitrogens is 5. The molecular weight excluding hydrogens is 379 g/mol. The van der Waals surface area contributed by atoms with Crippen LogP contribution in [0.1, 0.15) is 40.5 Å². The van der Waals surface area contributed by atoms with Crippen molar-refractivity contribution in [2.45, 2.75) is 25.3 Å². The first kappa shape index (κ1) is 17.3. The predicted octanol–water partition coefficient (Wildman–Crippen LogP) is 2.02. The van der Waals surface area contributed by atoms with Gasteiger partial charge in [-0.2, -0.15) is 0 Å². The van der Waals surface area contributed by atoms with E-state index in [9.17, 15) is 14.0 Å². The van der Waals surface area contributed by atoms with Crippen molar-refractivity contribution in [1.82, 2.24) is 29.8 Å². The molecule has 0 fully saturated rings. The molecule has 29 heavy (non-hydrogen) atoms. The van der Waals surface area contributed by atoms with Crippen LogP contribution in [0.5, 0.6) is 0 Å². The Bertz CT molecular complexity index is 1290. The summed E-state index contributed by atoms with van der Waals surface area (Å²) in [6.45, 7) is 0. The summed E-state index contributed by atoms with van der Waals surface area (Å²) >= 11 is 0. The summed E-state index contributed by atoms with van der Waals surface area (Å²) in [7, 11) is 0. The molecule has 0 bridgehead atoms. The van der Waals surface area contributed by atoms with Crippen molar-refractivity contribution in [2.75, 3.05) is 0 Å². The quantitative estimate of drug-likeness (QED) is 0.549. The van der Waals surface area contributed by atoms with Crippen molar-refractivity contribution >= 4 is 11.7 Å². The van der Waals surface area contributed by atoms with Crippen molar-refractivity contribution in [1.29, 1.82) is 0 Å². The van der Waals surface area contributed by atoms with Crippen LogP contribution in [-0.2, 0) is 6.42 Å². The molecule has 146 valence electrons. The van der Waals surface area contributed by atoms with Crippen molar-refractivity contribution in [3.05, 3.63) is 69.8 Å². The molecule has 0 saturated heterocycles. The van der Waals surface area contributed by atoms with Gasteiger partial charge >= 0.3 is 5.76 Å². The van der Waals surface area contributed by atoms with E-state index >= 15 is 0 Å². The van der Waals surface area contributed by atoms with Gasteiger partial charge in [-0.05, 0) is 48.6 Å². The molecule has 1 aliphatic rings. The zero-order valence-corrected chi connectivity index (χ0v) is 15.1. The van der Waals surface area contributed by atoms with Gasteiger partial charge in [0.15, 0.2) is 0 Å². The second kappa shape index (κ2) is 6.66. The molecule has 0 saturated carbocycles. The Balaban J connectivity index is 1.43. The maximum atomic E-state index is 13.5. The Morgan fingerprint density at radius 1 is 1.34 bits per heavy atom. The summed E-state index contributed by atoms with van der Waals surface area (Å²) in [5.41, 5.74) is 2.55. The smallest absolute Gasteiger partial charge is 0.344 e. The van der Waals surface area contributed by atoms with Crippen LogP contribution in [0, 0.1) is 5.82 Å². The lowest BCUT2D eigenvalue weighted by Gasteiger charge is -2.26. The van der Waals surface area contributed by atoms with Crippen molar-refractivity contribution in [2.24, 2.45) is 0 Å². The van der Waals surface area contributed by atoms with E-state index in [1.807, 2.05) is 0 Å². The standard InChI is InChI=1S/C19H15FN6O3/c20-11-4-5-12-10(8-11)2-1-3-13(12)22-17(27)15-9-21-18-23-14(6-7-26(15)18)16-24-19(28)29-25-16/h4-9,13H,1-3H2,(H,22,27)(H,24,25,28)/t13-/m1/s1. The molecule has 4 aromatic rings. The average molecular weight is 394 g/mol. The second-order valence-corrected chi connectivity index (χ2v) is 6.83. The summed E-state index contributed by atoms with van der Waals surface area (Å²) in [5.74, 6) is -0.796. The minimum absolute atomic E-state index is 0.178. The monoisotopic (exact) mass is 394 g/mol. The highest BCUT2D eigenvalue weighted by atomic mass is 19.1. The number of H-pyrrole nitrogens is 1. The molecule has 1 aromatic carbocycles. The summed E-state index contributed by atoms with van der Waals surface area (Å²) in [4.78, 5) is 34.9. The van der Waals surface area contributed by atoms with Gasteiger partial charge < -0.3 is 5.32 Å². The van der Waals surface area contributed by atoms with Crippen molar-refractivity contribution in [3.8, 4) is 11.5 Å². The molecule has 3 aromatic heterocycles. The number of carbonyl (C=O) groups excluding carboxylic acids is 1. The molecule has 1 amide bonds. The molecule has 1 aliphatic carbocycles. The lowest BCUT2D eigenvalue weighted by atomic mass is 9.87. The summed E-state index contributed by atoms with van der Waals surface area (Å²) in [6, 6.07) is 6.08. The molecule has 0 unspecified atom stereocenters. The van der Waals surface area contributed by atoms with Crippen LogP contribution >= 0.6 is 0 Å². The number of hydrogen-bond acceptors (Lipinski definition) is 6. The number of fused-ring (bicyclic) bond motifs is 2. The third-order valence-corrected chi connectivity index (χ3v) is 5.02. The molecule has 9 nitrogen and oxygen atoms in total. The van der Waals surface area contributed by atoms with Crippen molar-refractivity contribution in [3.63, 3.8) is 0 Å². The summed E-state index contributed by atoms with van der Waals surface area (Å²) in [6.07, 6.45) is 5.50. The average Bonchev–Trinajstić information content (AvgIpc) is 3.33. The number of rotatable bonds is 3. The number of imidazole rings is 1. The van der Waals surface area contributed by atoms with Gasteiger partial charge in [0.1, 0.15) is 17.2 Å². The lowest BCUT2D eigenvalue weighted by Crippen LogP contribution is -2.31. The third kappa shape index (κ3) is 3.08. The van der Waals surface area contributed by atoms with Crippen LogP contribution in [0.3, 0.4) is 0 Å². The summed E-state index contributed by atoms with van der Waals surface area (Å²) < 4.78 is 19.5. The minimum atomic E-state index is -0.683. The van der Waals surface area contributed by atoms with Gasteiger partial charge in [-0.25, -0.2) is 19.2 Å². The number of nitrogens with zero attached hydrogens (tertiary/aromatic N) is 4. The minimum Gasteiger partial charge on any atom is -0.344 e. The molecular formula is C19H15FN6O3. The normalized spacial score (nSPS) is 16.0. The maximum absolute atomic E-state index is 13.5. The fourth-order valence-electron chi connectivity index (χ4n) is 3.68. The Labute approximate surface area is 162 Å². The Morgan fingerprint density at radius 2 is 2.24 bits per heavy atom. The van der Waals surface area contributed by atoms with E-state index in [-0.39, 0.29) is 29.4 Å². The van der Waals surface area contributed by atoms with Gasteiger partial charge in [-0.1, -0.05) is 11.2 Å². The van der Waals surface area contributed by atoms with E-state index in [1.165, 1.54) is 18.3 Å². The van der Waals surface area contributed by atoms with Crippen LogP contribution in [0.15, 0.2) is 46.0 Å². The highest BCUT2D eigenvalue weighted by molar-refractivity contribution is 5.93. The molecule has 0 aliphatic heterocycles. The topological polar surface area (TPSA) is 118 Å². The van der Waals surface area contributed by atoms with E-state index < -0.39 is 5.76 Å². The van der Waals surface area contributed by atoms with Gasteiger partial charge in [0, 0.05) is 6.20 Å². The number of aromatic amines is 1. The highest BCUT2D eigenvalue weighted by Crippen LogP contribution is 2.30. The van der Waals surface area contributed by atoms with E-state index in [4.69, 9.17) is 0 Å². The van der Waals surface area contributed by atoms with Gasteiger partial charge in [-0.3, -0.25) is 18.7 Å². The molecule has 0 radical (unpaired) electrons. The first-order chi connectivity index (χ1) is 14.1. The van der Waals surface area contributed by atoms with Crippen LogP contribution in [0.25, 0.3) is 17.3 Å². The SMILES string of the molecule is O=C(N[C@@H]1CCCc2cc(F)ccc21)c1cnc2nc(-c3noc(=O)[nH]3)ccn12. The molecule has 2 N–H and O–H groups in total. The van der Waals surface area contributed by atoms with Gasteiger partial charge in [0.05, 0.1) is 12.2 Å². The Kier molecular flexibility index (Phi) is 3.97. The van der Waals surface area contributed by atoms with Gasteiger partial charge in [0.25, 0.3) is 5.91 Å². The van der Waals surface area contributed by atoms with Crippen LogP contribution in [0.2, 0.25) is 0 Å². The molecule has 10 heteroatoms. The van der Waals surface area contributed by atoms with Gasteiger partial charge in [0.2, 0.25) is 11.6 Å².